The van der Waals surface area contributed by atoms with Crippen LogP contribution in [0.25, 0.3) is 0 Å². The maximum atomic E-state index is 13.8. The first-order valence-electron chi connectivity index (χ1n) is 4.46. The second-order valence-electron chi connectivity index (χ2n) is 3.12. The monoisotopic (exact) mass is 224 g/mol. The molecule has 1 aliphatic rings. The Hall–Kier alpha value is 0.300. The molecule has 76 valence electrons. The quantitative estimate of drug-likeness (QED) is 0.485. The molecule has 1 heterocycles. The highest BCUT2D eigenvalue weighted by Gasteiger charge is 2.37. The summed E-state index contributed by atoms with van der Waals surface area (Å²) in [6.07, 6.45) is 2.85. The molecule has 0 N–H and O–H groups in total. The average molecular weight is 224 g/mol. The molecule has 4 heteroatoms. The summed E-state index contributed by atoms with van der Waals surface area (Å²) in [4.78, 5) is 0. The van der Waals surface area contributed by atoms with E-state index in [9.17, 15) is 8.78 Å². The minimum atomic E-state index is -1.88. The smallest absolute Gasteiger partial charge is 0.214 e. The van der Waals surface area contributed by atoms with Gasteiger partial charge in [-0.25, -0.2) is 8.78 Å². The molecule has 0 spiro atoms. The number of halogens is 2. The van der Waals surface area contributed by atoms with Gasteiger partial charge in [0.05, 0.1) is 0 Å². The van der Waals surface area contributed by atoms with Crippen LogP contribution in [0.4, 0.5) is 8.78 Å². The summed E-state index contributed by atoms with van der Waals surface area (Å²) in [5.74, 6) is 0.900. The van der Waals surface area contributed by atoms with E-state index in [1.54, 1.807) is 0 Å². The number of alkyl halides is 2. The van der Waals surface area contributed by atoms with Crippen molar-refractivity contribution in [2.75, 3.05) is 5.75 Å². The second-order valence-corrected chi connectivity index (χ2v) is 5.77. The predicted octanol–water partition coefficient (Wildman–Crippen LogP) is 4.13. The number of hydrogen-bond donors (Lipinski definition) is 0. The molecule has 0 radical (unpaired) electrons. The van der Waals surface area contributed by atoms with Crippen LogP contribution in [0.2, 0.25) is 0 Å². The molecule has 0 nitrogen and oxygen atoms in total. The fourth-order valence-corrected chi connectivity index (χ4v) is 3.74. The highest BCUT2D eigenvalue weighted by molar-refractivity contribution is 8.77. The van der Waals surface area contributed by atoms with E-state index >= 15 is 0 Å². The van der Waals surface area contributed by atoms with Crippen LogP contribution in [-0.4, -0.2) is 16.9 Å². The molecule has 2 unspecified atom stereocenters. The Morgan fingerprint density at radius 2 is 2.15 bits per heavy atom. The summed E-state index contributed by atoms with van der Waals surface area (Å²) in [6, 6.07) is 0. The fraction of sp³-hybridized carbons (Fsp3) is 0.778. The van der Waals surface area contributed by atoms with Crippen LogP contribution in [0.3, 0.4) is 0 Å². The van der Waals surface area contributed by atoms with Gasteiger partial charge in [0.25, 0.3) is 0 Å². The molecule has 2 atom stereocenters. The van der Waals surface area contributed by atoms with Crippen molar-refractivity contribution in [3.63, 3.8) is 0 Å². The van der Waals surface area contributed by atoms with E-state index in [2.05, 4.69) is 6.58 Å². The van der Waals surface area contributed by atoms with Gasteiger partial charge in [0.2, 0.25) is 5.00 Å². The molecule has 1 rings (SSSR count). The molecule has 0 saturated carbocycles. The van der Waals surface area contributed by atoms with Gasteiger partial charge in [-0.05, 0) is 29.7 Å². The third-order valence-corrected chi connectivity index (χ3v) is 4.95. The number of rotatable bonds is 1. The van der Waals surface area contributed by atoms with Gasteiger partial charge in [0.15, 0.2) is 0 Å². The molecule has 1 fully saturated rings. The summed E-state index contributed by atoms with van der Waals surface area (Å²) in [5, 5.41) is -1.88. The van der Waals surface area contributed by atoms with Gasteiger partial charge in [0.1, 0.15) is 6.17 Å². The minimum Gasteiger partial charge on any atom is -0.243 e. The summed E-state index contributed by atoms with van der Waals surface area (Å²) in [6.45, 7) is 3.36. The molecule has 0 aliphatic carbocycles. The van der Waals surface area contributed by atoms with Crippen molar-refractivity contribution in [3.05, 3.63) is 12.7 Å². The lowest BCUT2D eigenvalue weighted by Gasteiger charge is -2.22. The molecule has 13 heavy (non-hydrogen) atoms. The Balaban J connectivity index is 2.60. The maximum absolute atomic E-state index is 13.8. The number of hydrogen-bond acceptors (Lipinski definition) is 2. The summed E-state index contributed by atoms with van der Waals surface area (Å²) in [7, 11) is 2.39. The molecule has 1 saturated heterocycles. The van der Waals surface area contributed by atoms with Crippen molar-refractivity contribution in [2.24, 2.45) is 0 Å². The topological polar surface area (TPSA) is 0 Å². The van der Waals surface area contributed by atoms with E-state index in [4.69, 9.17) is 0 Å². The molecule has 0 aromatic heterocycles. The lowest BCUT2D eigenvalue weighted by molar-refractivity contribution is 0.165. The Bertz CT molecular complexity index is 175. The molecule has 0 aromatic carbocycles. The molecule has 0 aromatic rings. The van der Waals surface area contributed by atoms with Crippen molar-refractivity contribution in [3.8, 4) is 0 Å². The third-order valence-electron chi connectivity index (χ3n) is 2.08. The zero-order valence-electron chi connectivity index (χ0n) is 7.47. The Labute approximate surface area is 85.9 Å². The van der Waals surface area contributed by atoms with Crippen molar-refractivity contribution < 1.29 is 8.78 Å². The van der Waals surface area contributed by atoms with Crippen LogP contribution in [-0.2, 0) is 0 Å². The largest absolute Gasteiger partial charge is 0.243 e. The van der Waals surface area contributed by atoms with Crippen LogP contribution in [0.1, 0.15) is 25.7 Å². The van der Waals surface area contributed by atoms with Crippen LogP contribution < -0.4 is 0 Å². The highest BCUT2D eigenvalue weighted by Crippen LogP contribution is 2.44. The van der Waals surface area contributed by atoms with E-state index in [-0.39, 0.29) is 0 Å². The normalized spacial score (nSPS) is 37.2. The van der Waals surface area contributed by atoms with E-state index in [1.165, 1.54) is 10.8 Å². The molecule has 0 amide bonds. The van der Waals surface area contributed by atoms with Gasteiger partial charge in [0, 0.05) is 5.75 Å². The fourth-order valence-electron chi connectivity index (χ4n) is 1.20. The minimum absolute atomic E-state index is 0.316. The predicted molar refractivity (Wildman–Crippen MR) is 57.4 cm³/mol. The summed E-state index contributed by atoms with van der Waals surface area (Å²) >= 11 is 0. The zero-order chi connectivity index (χ0) is 9.73. The molecular weight excluding hydrogens is 210 g/mol. The summed E-state index contributed by atoms with van der Waals surface area (Å²) < 4.78 is 27.1. The van der Waals surface area contributed by atoms with E-state index < -0.39 is 11.2 Å². The van der Waals surface area contributed by atoms with Crippen LogP contribution >= 0.6 is 21.6 Å². The van der Waals surface area contributed by atoms with Crippen molar-refractivity contribution in [1.82, 2.24) is 0 Å². The van der Waals surface area contributed by atoms with Gasteiger partial charge >= 0.3 is 0 Å². The average Bonchev–Trinajstić information content (AvgIpc) is 2.21. The molecule has 0 bridgehead atoms. The Morgan fingerprint density at radius 3 is 2.85 bits per heavy atom. The first-order chi connectivity index (χ1) is 6.19. The molecular formula is C9H14F2S2. The Kier molecular flexibility index (Phi) is 4.59. The third kappa shape index (κ3) is 3.17. The van der Waals surface area contributed by atoms with Crippen LogP contribution in [0.15, 0.2) is 12.7 Å². The first-order valence-corrected chi connectivity index (χ1v) is 6.78. The lowest BCUT2D eigenvalue weighted by Crippen LogP contribution is -2.27. The van der Waals surface area contributed by atoms with Crippen molar-refractivity contribution in [2.45, 2.75) is 36.9 Å². The van der Waals surface area contributed by atoms with E-state index in [1.807, 2.05) is 0 Å². The van der Waals surface area contributed by atoms with Gasteiger partial charge in [-0.2, -0.15) is 0 Å². The zero-order valence-corrected chi connectivity index (χ0v) is 9.10. The van der Waals surface area contributed by atoms with Gasteiger partial charge in [-0.15, -0.1) is 0 Å². The maximum Gasteiger partial charge on any atom is 0.214 e. The van der Waals surface area contributed by atoms with E-state index in [0.717, 1.165) is 41.9 Å². The lowest BCUT2D eigenvalue weighted by atomic mass is 10.1. The van der Waals surface area contributed by atoms with Crippen molar-refractivity contribution in [1.29, 1.82) is 0 Å². The van der Waals surface area contributed by atoms with Gasteiger partial charge < -0.3 is 0 Å². The molecule has 1 aliphatic heterocycles. The second kappa shape index (κ2) is 5.25. The Morgan fingerprint density at radius 1 is 1.38 bits per heavy atom. The first kappa shape index (κ1) is 11.4. The van der Waals surface area contributed by atoms with Crippen LogP contribution in [0, 0.1) is 0 Å². The van der Waals surface area contributed by atoms with Crippen LogP contribution in [0.5, 0.6) is 0 Å². The standard InChI is InChI=1S/C9H14F2S2/c1-2-9(11)8(10)6-4-3-5-7-12-13-9/h2,8H,1,3-7H2. The van der Waals surface area contributed by atoms with Crippen molar-refractivity contribution >= 4 is 21.6 Å². The SMILES string of the molecule is C=CC1(F)SSCCCCCC1F. The summed E-state index contributed by atoms with van der Waals surface area (Å²) in [5.41, 5.74) is 0. The van der Waals surface area contributed by atoms with Gasteiger partial charge in [-0.1, -0.05) is 30.2 Å². The highest BCUT2D eigenvalue weighted by atomic mass is 33.1. The van der Waals surface area contributed by atoms with Gasteiger partial charge in [-0.3, -0.25) is 0 Å². The van der Waals surface area contributed by atoms with E-state index in [0.29, 0.717) is 6.42 Å².